The van der Waals surface area contributed by atoms with Crippen molar-refractivity contribution < 1.29 is 14.0 Å². The SMILES string of the molecule is CCCCCNC(=O)/C(=C/c1ccco1)NC(=O)c1ccccc1C. The second-order valence-electron chi connectivity index (χ2n) is 5.81. The summed E-state index contributed by atoms with van der Waals surface area (Å²) in [5, 5.41) is 5.54. The summed E-state index contributed by atoms with van der Waals surface area (Å²) in [7, 11) is 0. The topological polar surface area (TPSA) is 71.3 Å². The summed E-state index contributed by atoms with van der Waals surface area (Å²) in [6.07, 6.45) is 6.08. The second-order valence-corrected chi connectivity index (χ2v) is 5.81. The van der Waals surface area contributed by atoms with Crippen molar-refractivity contribution in [2.45, 2.75) is 33.1 Å². The van der Waals surface area contributed by atoms with Gasteiger partial charge in [-0.1, -0.05) is 38.0 Å². The molecule has 0 radical (unpaired) electrons. The number of unbranched alkanes of at least 4 members (excludes halogenated alkanes) is 2. The van der Waals surface area contributed by atoms with Gasteiger partial charge in [-0.05, 0) is 37.1 Å². The van der Waals surface area contributed by atoms with Crippen LogP contribution in [0.5, 0.6) is 0 Å². The van der Waals surface area contributed by atoms with Gasteiger partial charge in [0.25, 0.3) is 11.8 Å². The third-order valence-electron chi connectivity index (χ3n) is 3.78. The number of carbonyl (C=O) groups excluding carboxylic acids is 2. The lowest BCUT2D eigenvalue weighted by molar-refractivity contribution is -0.117. The van der Waals surface area contributed by atoms with Crippen LogP contribution in [0.1, 0.15) is 47.9 Å². The van der Waals surface area contributed by atoms with E-state index in [1.807, 2.05) is 19.1 Å². The highest BCUT2D eigenvalue weighted by Gasteiger charge is 2.16. The Balaban J connectivity index is 2.13. The number of hydrogen-bond donors (Lipinski definition) is 2. The van der Waals surface area contributed by atoms with Crippen molar-refractivity contribution in [3.63, 3.8) is 0 Å². The molecule has 0 aliphatic rings. The highest BCUT2D eigenvalue weighted by Crippen LogP contribution is 2.10. The predicted octanol–water partition coefficient (Wildman–Crippen LogP) is 3.67. The molecule has 0 aliphatic heterocycles. The molecular weight excluding hydrogens is 316 g/mol. The Labute approximate surface area is 148 Å². The summed E-state index contributed by atoms with van der Waals surface area (Å²) >= 11 is 0. The Bertz CT molecular complexity index is 733. The number of benzene rings is 1. The molecule has 2 aromatic rings. The third kappa shape index (κ3) is 5.64. The first-order valence-electron chi connectivity index (χ1n) is 8.52. The van der Waals surface area contributed by atoms with Gasteiger partial charge in [-0.2, -0.15) is 0 Å². The first kappa shape index (κ1) is 18.5. The molecule has 1 aromatic carbocycles. The van der Waals surface area contributed by atoms with Crippen molar-refractivity contribution in [2.24, 2.45) is 0 Å². The van der Waals surface area contributed by atoms with Crippen LogP contribution >= 0.6 is 0 Å². The third-order valence-corrected chi connectivity index (χ3v) is 3.78. The number of carbonyl (C=O) groups is 2. The van der Waals surface area contributed by atoms with E-state index in [2.05, 4.69) is 17.6 Å². The van der Waals surface area contributed by atoms with Crippen LogP contribution in [0.3, 0.4) is 0 Å². The van der Waals surface area contributed by atoms with Crippen LogP contribution in [0.4, 0.5) is 0 Å². The number of amides is 2. The minimum absolute atomic E-state index is 0.166. The van der Waals surface area contributed by atoms with Gasteiger partial charge >= 0.3 is 0 Å². The molecule has 25 heavy (non-hydrogen) atoms. The summed E-state index contributed by atoms with van der Waals surface area (Å²) in [4.78, 5) is 25.0. The summed E-state index contributed by atoms with van der Waals surface area (Å²) in [6, 6.07) is 10.7. The monoisotopic (exact) mass is 340 g/mol. The molecule has 0 atom stereocenters. The molecule has 0 saturated heterocycles. The van der Waals surface area contributed by atoms with Crippen LogP contribution in [0.25, 0.3) is 6.08 Å². The number of hydrogen-bond acceptors (Lipinski definition) is 3. The Morgan fingerprint density at radius 3 is 2.60 bits per heavy atom. The van der Waals surface area contributed by atoms with E-state index in [1.54, 1.807) is 24.3 Å². The van der Waals surface area contributed by atoms with Gasteiger partial charge in [0, 0.05) is 18.2 Å². The highest BCUT2D eigenvalue weighted by molar-refractivity contribution is 6.05. The van der Waals surface area contributed by atoms with Gasteiger partial charge in [0.05, 0.1) is 6.26 Å². The highest BCUT2D eigenvalue weighted by atomic mass is 16.3. The van der Waals surface area contributed by atoms with Crippen LogP contribution in [0.2, 0.25) is 0 Å². The van der Waals surface area contributed by atoms with Crippen LogP contribution < -0.4 is 10.6 Å². The fourth-order valence-electron chi connectivity index (χ4n) is 2.36. The fourth-order valence-corrected chi connectivity index (χ4v) is 2.36. The van der Waals surface area contributed by atoms with Crippen molar-refractivity contribution in [1.29, 1.82) is 0 Å². The molecule has 5 nitrogen and oxygen atoms in total. The van der Waals surface area contributed by atoms with Crippen molar-refractivity contribution in [2.75, 3.05) is 6.54 Å². The molecular formula is C20H24N2O3. The Morgan fingerprint density at radius 2 is 1.92 bits per heavy atom. The molecule has 0 spiro atoms. The van der Waals surface area contributed by atoms with Gasteiger partial charge in [-0.15, -0.1) is 0 Å². The van der Waals surface area contributed by atoms with Gasteiger partial charge in [-0.3, -0.25) is 9.59 Å². The second kappa shape index (κ2) is 9.47. The Morgan fingerprint density at radius 1 is 1.12 bits per heavy atom. The lowest BCUT2D eigenvalue weighted by Gasteiger charge is -2.11. The Kier molecular flexibility index (Phi) is 7.01. The van der Waals surface area contributed by atoms with Crippen LogP contribution in [0, 0.1) is 6.92 Å². The molecule has 5 heteroatoms. The Hall–Kier alpha value is -2.82. The van der Waals surface area contributed by atoms with E-state index < -0.39 is 0 Å². The molecule has 1 aromatic heterocycles. The van der Waals surface area contributed by atoms with Crippen molar-refractivity contribution in [3.8, 4) is 0 Å². The smallest absolute Gasteiger partial charge is 0.267 e. The normalized spacial score (nSPS) is 11.2. The molecule has 0 saturated carbocycles. The van der Waals surface area contributed by atoms with E-state index in [4.69, 9.17) is 4.42 Å². The quantitative estimate of drug-likeness (QED) is 0.569. The molecule has 1 heterocycles. The minimum Gasteiger partial charge on any atom is -0.465 e. The van der Waals surface area contributed by atoms with E-state index in [-0.39, 0.29) is 17.5 Å². The number of nitrogens with one attached hydrogen (secondary N) is 2. The van der Waals surface area contributed by atoms with Crippen molar-refractivity contribution in [3.05, 3.63) is 65.2 Å². The zero-order valence-corrected chi connectivity index (χ0v) is 14.7. The largest absolute Gasteiger partial charge is 0.465 e. The predicted molar refractivity (Wildman–Crippen MR) is 97.9 cm³/mol. The zero-order chi connectivity index (χ0) is 18.1. The number of rotatable bonds is 8. The van der Waals surface area contributed by atoms with Gasteiger partial charge < -0.3 is 15.1 Å². The molecule has 2 N–H and O–H groups in total. The van der Waals surface area contributed by atoms with Gasteiger partial charge in [0.1, 0.15) is 11.5 Å². The van der Waals surface area contributed by atoms with Gasteiger partial charge in [-0.25, -0.2) is 0 Å². The molecule has 0 unspecified atom stereocenters. The average Bonchev–Trinajstić information content (AvgIpc) is 3.11. The van der Waals surface area contributed by atoms with Crippen molar-refractivity contribution >= 4 is 17.9 Å². The maximum atomic E-state index is 12.5. The average molecular weight is 340 g/mol. The standard InChI is InChI=1S/C20H24N2O3/c1-3-4-7-12-21-20(24)18(14-16-10-8-13-25-16)22-19(23)17-11-6-5-9-15(17)2/h5-6,8-11,13-14H,3-4,7,12H2,1-2H3,(H,21,24)(H,22,23)/b18-14-. The number of furan rings is 1. The van der Waals surface area contributed by atoms with E-state index in [9.17, 15) is 9.59 Å². The molecule has 0 fully saturated rings. The number of aryl methyl sites for hydroxylation is 1. The van der Waals surface area contributed by atoms with E-state index in [0.29, 0.717) is 17.9 Å². The first-order valence-corrected chi connectivity index (χ1v) is 8.52. The maximum absolute atomic E-state index is 12.5. The van der Waals surface area contributed by atoms with Crippen LogP contribution in [0.15, 0.2) is 52.8 Å². The lowest BCUT2D eigenvalue weighted by atomic mass is 10.1. The minimum atomic E-state index is -0.325. The molecule has 0 bridgehead atoms. The van der Waals surface area contributed by atoms with E-state index in [0.717, 1.165) is 24.8 Å². The van der Waals surface area contributed by atoms with E-state index >= 15 is 0 Å². The van der Waals surface area contributed by atoms with Gasteiger partial charge in [0.2, 0.25) is 0 Å². The van der Waals surface area contributed by atoms with Crippen LogP contribution in [-0.2, 0) is 4.79 Å². The summed E-state index contributed by atoms with van der Waals surface area (Å²) in [5.41, 5.74) is 1.55. The van der Waals surface area contributed by atoms with Gasteiger partial charge in [0.15, 0.2) is 0 Å². The molecule has 2 rings (SSSR count). The molecule has 0 aliphatic carbocycles. The summed E-state index contributed by atoms with van der Waals surface area (Å²) in [5.74, 6) is -0.141. The van der Waals surface area contributed by atoms with E-state index in [1.165, 1.54) is 12.3 Å². The lowest BCUT2D eigenvalue weighted by Crippen LogP contribution is -2.35. The molecule has 2 amide bonds. The van der Waals surface area contributed by atoms with Crippen molar-refractivity contribution in [1.82, 2.24) is 10.6 Å². The summed E-state index contributed by atoms with van der Waals surface area (Å²) in [6.45, 7) is 4.53. The molecule has 132 valence electrons. The fraction of sp³-hybridized carbons (Fsp3) is 0.300. The zero-order valence-electron chi connectivity index (χ0n) is 14.7. The maximum Gasteiger partial charge on any atom is 0.267 e. The summed E-state index contributed by atoms with van der Waals surface area (Å²) < 4.78 is 5.26. The first-order chi connectivity index (χ1) is 12.1. The van der Waals surface area contributed by atoms with Crippen LogP contribution in [-0.4, -0.2) is 18.4 Å².